The Labute approximate surface area is 329 Å². The Kier molecular flexibility index (Phi) is 42.4. The normalized spacial score (nSPS) is 13.7. The fourth-order valence-electron chi connectivity index (χ4n) is 6.51. The number of hydrogen-bond donors (Lipinski definition) is 3. The van der Waals surface area contributed by atoms with E-state index in [-0.39, 0.29) is 12.5 Å². The number of amides is 1. The first-order valence-electron chi connectivity index (χ1n) is 22.7. The molecule has 0 fully saturated rings. The van der Waals surface area contributed by atoms with Crippen LogP contribution in [-0.2, 0) is 4.79 Å². The molecule has 53 heavy (non-hydrogen) atoms. The minimum atomic E-state index is -0.866. The number of hydrogen-bond acceptors (Lipinski definition) is 3. The predicted octanol–water partition coefficient (Wildman–Crippen LogP) is 14.3. The standard InChI is InChI=1S/C49H87NO3/c1-3-5-7-9-11-13-15-17-19-21-22-23-24-25-26-27-29-30-32-34-36-38-40-42-44-48(52)47(46-51)50-49(53)45-43-41-39-37-35-33-31-28-20-18-16-14-12-10-8-6-4-2/h6,8,12,14,18,20,31,33,37,39,42,44,47-48,51-52H,3-5,7,9-11,13,15-17,19,21-30,32,34-36,38,40-41,43,45-46H2,1-2H3,(H,50,53)/b8-6-,14-12-,20-18-,33-31-,39-37-,44-42+. The highest BCUT2D eigenvalue weighted by Crippen LogP contribution is 2.15. The number of unbranched alkanes of at least 4 members (excludes halogenated alkanes) is 23. The second-order valence-corrected chi connectivity index (χ2v) is 15.1. The van der Waals surface area contributed by atoms with Crippen molar-refractivity contribution in [2.24, 2.45) is 0 Å². The van der Waals surface area contributed by atoms with E-state index in [4.69, 9.17) is 0 Å². The van der Waals surface area contributed by atoms with Crippen molar-refractivity contribution in [3.05, 3.63) is 72.9 Å². The molecule has 0 rings (SSSR count). The smallest absolute Gasteiger partial charge is 0.220 e. The minimum absolute atomic E-state index is 0.122. The maximum absolute atomic E-state index is 12.4. The van der Waals surface area contributed by atoms with E-state index in [0.717, 1.165) is 57.8 Å². The van der Waals surface area contributed by atoms with E-state index in [1.807, 2.05) is 6.08 Å². The molecule has 2 atom stereocenters. The monoisotopic (exact) mass is 738 g/mol. The first-order valence-corrected chi connectivity index (χ1v) is 22.7. The van der Waals surface area contributed by atoms with Crippen LogP contribution in [0.15, 0.2) is 72.9 Å². The van der Waals surface area contributed by atoms with Gasteiger partial charge in [0.25, 0.3) is 0 Å². The topological polar surface area (TPSA) is 69.6 Å². The van der Waals surface area contributed by atoms with Crippen LogP contribution in [0.25, 0.3) is 0 Å². The van der Waals surface area contributed by atoms with Crippen molar-refractivity contribution in [1.29, 1.82) is 0 Å². The molecule has 0 aromatic rings. The highest BCUT2D eigenvalue weighted by atomic mass is 16.3. The fourth-order valence-corrected chi connectivity index (χ4v) is 6.51. The Morgan fingerprint density at radius 1 is 0.472 bits per heavy atom. The van der Waals surface area contributed by atoms with Crippen molar-refractivity contribution >= 4 is 5.91 Å². The van der Waals surface area contributed by atoms with Crippen LogP contribution in [0.3, 0.4) is 0 Å². The highest BCUT2D eigenvalue weighted by Gasteiger charge is 2.17. The summed E-state index contributed by atoms with van der Waals surface area (Å²) >= 11 is 0. The van der Waals surface area contributed by atoms with Crippen LogP contribution in [0.5, 0.6) is 0 Å². The second kappa shape index (κ2) is 44.2. The maximum Gasteiger partial charge on any atom is 0.220 e. The number of rotatable bonds is 40. The Morgan fingerprint density at radius 2 is 0.830 bits per heavy atom. The van der Waals surface area contributed by atoms with Gasteiger partial charge >= 0.3 is 0 Å². The molecule has 1 amide bonds. The molecular weight excluding hydrogens is 651 g/mol. The average molecular weight is 738 g/mol. The van der Waals surface area contributed by atoms with Gasteiger partial charge in [-0.15, -0.1) is 0 Å². The summed E-state index contributed by atoms with van der Waals surface area (Å²) in [5.41, 5.74) is 0. The van der Waals surface area contributed by atoms with E-state index in [1.165, 1.54) is 135 Å². The van der Waals surface area contributed by atoms with Gasteiger partial charge in [-0.25, -0.2) is 0 Å². The molecule has 0 aliphatic heterocycles. The molecule has 0 saturated heterocycles. The largest absolute Gasteiger partial charge is 0.394 e. The first-order chi connectivity index (χ1) is 26.2. The zero-order chi connectivity index (χ0) is 38.6. The molecule has 2 unspecified atom stereocenters. The summed E-state index contributed by atoms with van der Waals surface area (Å²) in [5.74, 6) is -0.122. The Morgan fingerprint density at radius 3 is 1.23 bits per heavy atom. The lowest BCUT2D eigenvalue weighted by Gasteiger charge is -2.19. The first kappa shape index (κ1) is 50.8. The summed E-state index contributed by atoms with van der Waals surface area (Å²) in [5, 5.41) is 23.0. The van der Waals surface area contributed by atoms with Crippen molar-refractivity contribution in [3.8, 4) is 0 Å². The number of allylic oxidation sites excluding steroid dienone is 11. The van der Waals surface area contributed by atoms with Crippen LogP contribution in [0, 0.1) is 0 Å². The third-order valence-electron chi connectivity index (χ3n) is 9.95. The molecular formula is C49H87NO3. The molecule has 0 aromatic heterocycles. The third kappa shape index (κ3) is 40.8. The van der Waals surface area contributed by atoms with Crippen molar-refractivity contribution in [1.82, 2.24) is 5.32 Å². The van der Waals surface area contributed by atoms with Crippen LogP contribution in [0.4, 0.5) is 0 Å². The molecule has 3 N–H and O–H groups in total. The van der Waals surface area contributed by atoms with E-state index >= 15 is 0 Å². The van der Waals surface area contributed by atoms with E-state index in [2.05, 4.69) is 79.9 Å². The lowest BCUT2D eigenvalue weighted by molar-refractivity contribution is -0.122. The molecule has 0 saturated carbocycles. The van der Waals surface area contributed by atoms with E-state index in [0.29, 0.717) is 6.42 Å². The Balaban J connectivity index is 3.63. The van der Waals surface area contributed by atoms with Gasteiger partial charge in [0.05, 0.1) is 18.8 Å². The highest BCUT2D eigenvalue weighted by molar-refractivity contribution is 5.76. The second-order valence-electron chi connectivity index (χ2n) is 15.1. The zero-order valence-electron chi connectivity index (χ0n) is 35.0. The summed E-state index contributed by atoms with van der Waals surface area (Å²) in [6, 6.07) is -0.656. The molecule has 0 aromatic carbocycles. The number of aliphatic hydroxyl groups excluding tert-OH is 2. The maximum atomic E-state index is 12.4. The van der Waals surface area contributed by atoms with Gasteiger partial charge in [-0.3, -0.25) is 4.79 Å². The van der Waals surface area contributed by atoms with Crippen molar-refractivity contribution in [2.45, 2.75) is 225 Å². The van der Waals surface area contributed by atoms with Gasteiger partial charge in [0.1, 0.15) is 0 Å². The lowest BCUT2D eigenvalue weighted by atomic mass is 10.0. The molecule has 0 radical (unpaired) electrons. The van der Waals surface area contributed by atoms with Gasteiger partial charge < -0.3 is 15.5 Å². The summed E-state index contributed by atoms with van der Waals surface area (Å²) in [6.45, 7) is 4.17. The van der Waals surface area contributed by atoms with Gasteiger partial charge in [0.2, 0.25) is 5.91 Å². The Bertz CT molecular complexity index is 930. The molecule has 0 bridgehead atoms. The molecule has 0 spiro atoms. The van der Waals surface area contributed by atoms with Crippen LogP contribution in [-0.4, -0.2) is 34.9 Å². The van der Waals surface area contributed by atoms with Crippen LogP contribution in [0.2, 0.25) is 0 Å². The number of nitrogens with one attached hydrogen (secondary N) is 1. The van der Waals surface area contributed by atoms with Gasteiger partial charge in [-0.2, -0.15) is 0 Å². The molecule has 0 heterocycles. The quantitative estimate of drug-likeness (QED) is 0.0433. The van der Waals surface area contributed by atoms with Crippen molar-refractivity contribution in [3.63, 3.8) is 0 Å². The van der Waals surface area contributed by atoms with E-state index in [1.54, 1.807) is 6.08 Å². The molecule has 0 aliphatic carbocycles. The summed E-state index contributed by atoms with van der Waals surface area (Å²) in [7, 11) is 0. The number of carbonyl (C=O) groups excluding carboxylic acids is 1. The predicted molar refractivity (Wildman–Crippen MR) is 234 cm³/mol. The van der Waals surface area contributed by atoms with Gasteiger partial charge in [-0.1, -0.05) is 222 Å². The number of aliphatic hydroxyl groups is 2. The fraction of sp³-hybridized carbons (Fsp3) is 0.735. The zero-order valence-corrected chi connectivity index (χ0v) is 35.0. The summed E-state index contributed by atoms with van der Waals surface area (Å²) in [6.07, 6.45) is 63.1. The molecule has 4 nitrogen and oxygen atoms in total. The van der Waals surface area contributed by atoms with Gasteiger partial charge in [-0.05, 0) is 57.8 Å². The lowest BCUT2D eigenvalue weighted by Crippen LogP contribution is -2.45. The summed E-state index contributed by atoms with van der Waals surface area (Å²) < 4.78 is 0. The van der Waals surface area contributed by atoms with Crippen LogP contribution >= 0.6 is 0 Å². The average Bonchev–Trinajstić information content (AvgIpc) is 3.16. The van der Waals surface area contributed by atoms with Crippen LogP contribution in [0.1, 0.15) is 213 Å². The van der Waals surface area contributed by atoms with Gasteiger partial charge in [0.15, 0.2) is 0 Å². The Hall–Kier alpha value is -2.17. The SMILES string of the molecule is CC/C=C\C/C=C\C/C=C\C/C=C\C/C=C\CCCC(=O)NC(CO)C(O)/C=C/CCCCCCCCCCCCCCCCCCCCCCCC. The van der Waals surface area contributed by atoms with E-state index in [9.17, 15) is 15.0 Å². The number of carbonyl (C=O) groups is 1. The third-order valence-corrected chi connectivity index (χ3v) is 9.95. The van der Waals surface area contributed by atoms with Gasteiger partial charge in [0, 0.05) is 6.42 Å². The van der Waals surface area contributed by atoms with E-state index < -0.39 is 12.1 Å². The molecule has 306 valence electrons. The van der Waals surface area contributed by atoms with Crippen molar-refractivity contribution < 1.29 is 15.0 Å². The summed E-state index contributed by atoms with van der Waals surface area (Å²) in [4.78, 5) is 12.4. The van der Waals surface area contributed by atoms with Crippen LogP contribution < -0.4 is 5.32 Å². The minimum Gasteiger partial charge on any atom is -0.394 e. The van der Waals surface area contributed by atoms with Crippen molar-refractivity contribution in [2.75, 3.05) is 6.61 Å². The molecule has 4 heteroatoms. The molecule has 0 aliphatic rings.